The number of piperazine rings is 1. The number of benzene rings is 1. The molecule has 3 aliphatic heterocycles. The molecule has 0 radical (unpaired) electrons. The third-order valence-electron chi connectivity index (χ3n) is 8.25. The van der Waals surface area contributed by atoms with E-state index in [9.17, 15) is 9.82 Å². The molecule has 1 N–H and O–H groups in total. The van der Waals surface area contributed by atoms with E-state index in [1.54, 1.807) is 6.82 Å². The lowest BCUT2D eigenvalue weighted by molar-refractivity contribution is -0.137. The number of carbonyl (C=O) groups excluding carboxylic acids is 1. The summed E-state index contributed by atoms with van der Waals surface area (Å²) >= 11 is 6.33. The van der Waals surface area contributed by atoms with Crippen LogP contribution in [0.5, 0.6) is 5.75 Å². The highest BCUT2D eigenvalue weighted by molar-refractivity contribution is 6.45. The number of rotatable bonds is 5. The van der Waals surface area contributed by atoms with E-state index in [1.807, 2.05) is 65.7 Å². The highest BCUT2D eigenvalue weighted by Crippen LogP contribution is 2.40. The Morgan fingerprint density at radius 1 is 1.21 bits per heavy atom. The number of nitrogens with zero attached hydrogens (tertiary/aromatic N) is 6. The van der Waals surface area contributed by atoms with Gasteiger partial charge in [-0.05, 0) is 44.3 Å². The van der Waals surface area contributed by atoms with Crippen LogP contribution in [0.25, 0.3) is 0 Å². The van der Waals surface area contributed by atoms with E-state index < -0.39 is 13.1 Å². The first-order valence-electron chi connectivity index (χ1n) is 13.7. The number of halogens is 1. The Morgan fingerprint density at radius 2 is 2.08 bits per heavy atom. The van der Waals surface area contributed by atoms with Crippen LogP contribution in [0, 0.1) is 12.8 Å². The van der Waals surface area contributed by atoms with Crippen molar-refractivity contribution < 1.29 is 14.6 Å². The molecule has 39 heavy (non-hydrogen) atoms. The summed E-state index contributed by atoms with van der Waals surface area (Å²) in [5.74, 6) is 1.20. The molecular weight excluding hydrogens is 515 g/mol. The second-order valence-corrected chi connectivity index (χ2v) is 11.4. The molecule has 1 amide bonds. The molecule has 0 bridgehead atoms. The number of fused-ring (bicyclic) bond motifs is 2. The van der Waals surface area contributed by atoms with Crippen molar-refractivity contribution >= 4 is 24.6 Å². The SMILES string of the molecule is CB(O)N1CCN([C@@H]2c3ccc(Cl)cc3OCc3cccnc32)C[C@@H]1C(=O)N1CC[C@@H](Cn2cnc(C)c2)C1. The molecule has 0 unspecified atom stereocenters. The number of carbonyl (C=O) groups is 1. The molecule has 6 rings (SSSR count). The Labute approximate surface area is 234 Å². The fraction of sp³-hybridized carbons (Fsp3) is 0.464. The van der Waals surface area contributed by atoms with Crippen molar-refractivity contribution in [2.45, 2.75) is 45.4 Å². The molecule has 11 heteroatoms. The second-order valence-electron chi connectivity index (χ2n) is 11.0. The van der Waals surface area contributed by atoms with Gasteiger partial charge >= 0.3 is 7.05 Å². The summed E-state index contributed by atoms with van der Waals surface area (Å²) in [5.41, 5.74) is 3.95. The first kappa shape index (κ1) is 26.3. The van der Waals surface area contributed by atoms with Gasteiger partial charge in [0.25, 0.3) is 0 Å². The van der Waals surface area contributed by atoms with Crippen LogP contribution >= 0.6 is 11.6 Å². The van der Waals surface area contributed by atoms with Crippen molar-refractivity contribution in [1.29, 1.82) is 0 Å². The minimum atomic E-state index is -0.720. The fourth-order valence-corrected chi connectivity index (χ4v) is 6.49. The summed E-state index contributed by atoms with van der Waals surface area (Å²) < 4.78 is 8.28. The van der Waals surface area contributed by atoms with Gasteiger partial charge in [-0.2, -0.15) is 0 Å². The van der Waals surface area contributed by atoms with E-state index in [4.69, 9.17) is 21.3 Å². The number of hydrogen-bond donors (Lipinski definition) is 1. The third-order valence-corrected chi connectivity index (χ3v) is 8.49. The van der Waals surface area contributed by atoms with Crippen molar-refractivity contribution in [2.75, 3.05) is 32.7 Å². The van der Waals surface area contributed by atoms with E-state index in [1.165, 1.54) is 0 Å². The quantitative estimate of drug-likeness (QED) is 0.491. The van der Waals surface area contributed by atoms with Crippen molar-refractivity contribution in [3.05, 3.63) is 76.6 Å². The maximum absolute atomic E-state index is 14.0. The number of hydrogen-bond acceptors (Lipinski definition) is 7. The van der Waals surface area contributed by atoms with Gasteiger partial charge in [0.2, 0.25) is 5.91 Å². The number of imidazole rings is 1. The maximum Gasteiger partial charge on any atom is 0.377 e. The van der Waals surface area contributed by atoms with Crippen LogP contribution in [0.15, 0.2) is 49.1 Å². The van der Waals surface area contributed by atoms with E-state index in [2.05, 4.69) is 14.5 Å². The number of aryl methyl sites for hydroxylation is 1. The molecular formula is C28H34BClN6O3. The van der Waals surface area contributed by atoms with E-state index >= 15 is 0 Å². The van der Waals surface area contributed by atoms with Gasteiger partial charge in [-0.3, -0.25) is 14.7 Å². The van der Waals surface area contributed by atoms with Crippen molar-refractivity contribution in [1.82, 2.24) is 29.1 Å². The van der Waals surface area contributed by atoms with Crippen molar-refractivity contribution in [3.63, 3.8) is 0 Å². The molecule has 9 nitrogen and oxygen atoms in total. The summed E-state index contributed by atoms with van der Waals surface area (Å²) in [7, 11) is -0.720. The lowest BCUT2D eigenvalue weighted by Gasteiger charge is -2.45. The van der Waals surface area contributed by atoms with Gasteiger partial charge in [-0.25, -0.2) is 4.98 Å². The van der Waals surface area contributed by atoms with E-state index in [0.29, 0.717) is 43.7 Å². The van der Waals surface area contributed by atoms with Crippen LogP contribution in [0.4, 0.5) is 0 Å². The minimum absolute atomic E-state index is 0.0763. The Morgan fingerprint density at radius 3 is 2.87 bits per heavy atom. The lowest BCUT2D eigenvalue weighted by atomic mass is 9.81. The smallest absolute Gasteiger partial charge is 0.377 e. The predicted octanol–water partition coefficient (Wildman–Crippen LogP) is 2.87. The highest BCUT2D eigenvalue weighted by Gasteiger charge is 2.43. The molecule has 3 aromatic rings. The van der Waals surface area contributed by atoms with Gasteiger partial charge in [0.15, 0.2) is 0 Å². The molecule has 1 aromatic carbocycles. The summed E-state index contributed by atoms with van der Waals surface area (Å²) in [6, 6.07) is 9.08. The molecule has 0 saturated carbocycles. The van der Waals surface area contributed by atoms with Crippen molar-refractivity contribution in [2.24, 2.45) is 5.92 Å². The Bertz CT molecular complexity index is 1350. The Balaban J connectivity index is 1.26. The zero-order valence-electron chi connectivity index (χ0n) is 22.4. The third kappa shape index (κ3) is 5.30. The number of pyridine rings is 1. The summed E-state index contributed by atoms with van der Waals surface area (Å²) in [4.78, 5) is 29.4. The Kier molecular flexibility index (Phi) is 7.37. The second kappa shape index (κ2) is 10.9. The van der Waals surface area contributed by atoms with Crippen LogP contribution in [0.1, 0.15) is 35.0 Å². The predicted molar refractivity (Wildman–Crippen MR) is 149 cm³/mol. The molecule has 3 atom stereocenters. The van der Waals surface area contributed by atoms with E-state index in [0.717, 1.165) is 47.8 Å². The summed E-state index contributed by atoms with van der Waals surface area (Å²) in [6.07, 6.45) is 6.68. The van der Waals surface area contributed by atoms with Gasteiger partial charge in [-0.1, -0.05) is 23.7 Å². The standard InChI is InChI=1S/C28H34BClN6O3/c1-19-13-33(18-32-19)14-20-7-9-35(15-20)28(37)24-16-34(10-11-36(24)29(2)38)27-23-6-5-22(30)12-25(23)39-17-21-4-3-8-31-26(21)27/h3-6,8,12-13,18,20,24,27,38H,7,9-11,14-17H2,1-2H3/t20-,24+,27+/m0/s1. The largest absolute Gasteiger partial charge is 0.488 e. The van der Waals surface area contributed by atoms with Crippen molar-refractivity contribution in [3.8, 4) is 5.75 Å². The molecule has 204 valence electrons. The summed E-state index contributed by atoms with van der Waals surface area (Å²) in [5, 5.41) is 11.3. The molecule has 5 heterocycles. The molecule has 3 aliphatic rings. The van der Waals surface area contributed by atoms with Gasteiger partial charge < -0.3 is 24.0 Å². The topological polar surface area (TPSA) is 87.0 Å². The first-order chi connectivity index (χ1) is 18.9. The average Bonchev–Trinajstić information content (AvgIpc) is 3.53. The number of aromatic nitrogens is 3. The lowest BCUT2D eigenvalue weighted by Crippen LogP contribution is -2.63. The number of amides is 1. The zero-order chi connectivity index (χ0) is 27.1. The highest BCUT2D eigenvalue weighted by atomic mass is 35.5. The monoisotopic (exact) mass is 548 g/mol. The first-order valence-corrected chi connectivity index (χ1v) is 14.1. The maximum atomic E-state index is 14.0. The van der Waals surface area contributed by atoms with Gasteiger partial charge in [0.05, 0.1) is 29.8 Å². The van der Waals surface area contributed by atoms with Gasteiger partial charge in [-0.15, -0.1) is 0 Å². The number of likely N-dealkylation sites (tertiary alicyclic amines) is 1. The van der Waals surface area contributed by atoms with Gasteiger partial charge in [0, 0.05) is 67.8 Å². The minimum Gasteiger partial charge on any atom is -0.488 e. The van der Waals surface area contributed by atoms with Gasteiger partial charge in [0.1, 0.15) is 12.4 Å². The molecule has 2 fully saturated rings. The van der Waals surface area contributed by atoms with Crippen LogP contribution < -0.4 is 4.74 Å². The average molecular weight is 549 g/mol. The van der Waals surface area contributed by atoms with Crippen LogP contribution in [0.3, 0.4) is 0 Å². The van der Waals surface area contributed by atoms with Crippen LogP contribution in [-0.2, 0) is 17.9 Å². The van der Waals surface area contributed by atoms with Crippen LogP contribution in [-0.4, -0.2) is 85.9 Å². The molecule has 2 saturated heterocycles. The fourth-order valence-electron chi connectivity index (χ4n) is 6.33. The van der Waals surface area contributed by atoms with E-state index in [-0.39, 0.29) is 11.9 Å². The van der Waals surface area contributed by atoms with Crippen LogP contribution in [0.2, 0.25) is 11.8 Å². The number of ether oxygens (including phenoxy) is 1. The molecule has 0 spiro atoms. The molecule has 2 aromatic heterocycles. The zero-order valence-corrected chi connectivity index (χ0v) is 23.2. The summed E-state index contributed by atoms with van der Waals surface area (Å²) in [6.45, 7) is 8.17. The Hall–Kier alpha value is -2.92. The normalized spacial score (nSPS) is 23.6. The molecule has 0 aliphatic carbocycles.